The highest BCUT2D eigenvalue weighted by Gasteiger charge is 2.36. The van der Waals surface area contributed by atoms with Crippen molar-refractivity contribution in [3.63, 3.8) is 0 Å². The van der Waals surface area contributed by atoms with Crippen molar-refractivity contribution in [3.8, 4) is 11.4 Å². The molecule has 0 aliphatic carbocycles. The van der Waals surface area contributed by atoms with Gasteiger partial charge in [-0.05, 0) is 115 Å². The van der Waals surface area contributed by atoms with Gasteiger partial charge in [-0.2, -0.15) is 0 Å². The minimum Gasteiger partial charge on any atom is -0.478 e. The molecule has 21 heteroatoms. The van der Waals surface area contributed by atoms with Crippen molar-refractivity contribution in [1.82, 2.24) is 60.6 Å². The number of aromatic nitrogens is 10. The number of para-hydroxylation sites is 2. The van der Waals surface area contributed by atoms with E-state index in [1.807, 2.05) is 44.7 Å². The third kappa shape index (κ3) is 12.6. The Morgan fingerprint density at radius 2 is 1.23 bits per heavy atom. The Bertz CT molecular complexity index is 2450. The third-order valence-corrected chi connectivity index (χ3v) is 11.9. The lowest BCUT2D eigenvalue weighted by Gasteiger charge is -2.37. The number of hydrogen-bond acceptors (Lipinski definition) is 15. The summed E-state index contributed by atoms with van der Waals surface area (Å²) in [5.74, 6) is 1.93. The maximum absolute atomic E-state index is 13.5. The van der Waals surface area contributed by atoms with E-state index in [1.54, 1.807) is 44.2 Å². The third-order valence-electron chi connectivity index (χ3n) is 11.9. The van der Waals surface area contributed by atoms with Gasteiger partial charge in [0.1, 0.15) is 45.5 Å². The van der Waals surface area contributed by atoms with Crippen molar-refractivity contribution >= 4 is 35.1 Å². The number of aryl methyl sites for hydroxylation is 2. The average molecular weight is 952 g/mol. The second kappa shape index (κ2) is 23.2. The molecule has 356 valence electrons. The van der Waals surface area contributed by atoms with Crippen LogP contribution >= 0.6 is 23.2 Å². The second-order valence-corrected chi connectivity index (χ2v) is 17.5. The number of amides is 1. The van der Waals surface area contributed by atoms with Crippen LogP contribution in [0.2, 0.25) is 0 Å². The number of aromatic carboxylic acids is 1. The number of nitrogens with one attached hydrogen (secondary N) is 1. The van der Waals surface area contributed by atoms with E-state index in [1.165, 1.54) is 28.3 Å². The van der Waals surface area contributed by atoms with Gasteiger partial charge in [-0.25, -0.2) is 14.8 Å². The van der Waals surface area contributed by atoms with Crippen LogP contribution in [0, 0.1) is 13.8 Å². The molecule has 2 aromatic carbocycles. The Morgan fingerprint density at radius 3 is 1.68 bits per heavy atom. The van der Waals surface area contributed by atoms with Gasteiger partial charge in [0, 0.05) is 31.1 Å². The molecule has 0 saturated carbocycles. The van der Waals surface area contributed by atoms with E-state index >= 15 is 0 Å². The van der Waals surface area contributed by atoms with Crippen molar-refractivity contribution in [3.05, 3.63) is 107 Å². The number of rotatable bonds is 10. The highest BCUT2D eigenvalue weighted by Crippen LogP contribution is 2.35. The lowest BCUT2D eigenvalue weighted by molar-refractivity contribution is 0.0470. The molecule has 66 heavy (non-hydrogen) atoms. The van der Waals surface area contributed by atoms with Crippen LogP contribution in [0.25, 0.3) is 11.4 Å². The zero-order valence-electron chi connectivity index (χ0n) is 38.6. The van der Waals surface area contributed by atoms with E-state index in [2.05, 4.69) is 60.0 Å². The highest BCUT2D eigenvalue weighted by atomic mass is 35.5. The molecule has 0 radical (unpaired) electrons. The largest absolute Gasteiger partial charge is 0.478 e. The number of benzene rings is 2. The molecule has 2 aliphatic rings. The lowest BCUT2D eigenvalue weighted by Crippen LogP contribution is -2.45. The lowest BCUT2D eigenvalue weighted by atomic mass is 9.92. The first-order valence-corrected chi connectivity index (χ1v) is 23.0. The Hall–Kier alpha value is -5.60. The Labute approximate surface area is 393 Å². The van der Waals surface area contributed by atoms with Gasteiger partial charge < -0.3 is 34.4 Å². The first-order chi connectivity index (χ1) is 31.5. The molecule has 2 unspecified atom stereocenters. The van der Waals surface area contributed by atoms with Crippen molar-refractivity contribution in [2.24, 2.45) is 0 Å². The maximum Gasteiger partial charge on any atom is 0.337 e. The molecular formula is C45H60Cl2N12O7. The molecule has 0 bridgehead atoms. The SMILES string of the molecule is CC[C@](C)(O)c1nc(C2CC[C@@H](C)N(C(=O)c3ccccc3-n3ncnn3)C2)oc1C.CC[C@](C)(O)c1nc(C2CC[C@@H](C)NC2)oc1C.ClCCl.O=C(O)c1ccccc1-n1ncnn1. The molecule has 6 atom stereocenters. The standard InChI is InChI=1S/C22H28N6O3.C14H24N2O2.C8H6N4O2.CH2Cl2/c1-5-22(4,30)19-15(3)31-20(25-19)16-11-10-14(2)27(12-16)21(29)17-8-6-7-9-18(17)28-24-13-23-26-28;1-5-14(4,17)12-10(3)18-13(16-12)11-7-6-9(2)15-8-11;13-8(14)6-3-1-2-4-7(6)12-10-5-9-11-12;2-1-3/h6-9,13-14,16,30H,5,10-12H2,1-4H3;9,11,15,17H,5-8H2,1-4H3;1-5H,(H,13,14);1H2/t14-,16?,22+;9-,11?,14+;;/m11../s1. The van der Waals surface area contributed by atoms with E-state index in [9.17, 15) is 19.8 Å². The number of nitrogens with zero attached hydrogens (tertiary/aromatic N) is 11. The van der Waals surface area contributed by atoms with Crippen LogP contribution in [0.5, 0.6) is 0 Å². The quantitative estimate of drug-likeness (QED) is 0.0989. The van der Waals surface area contributed by atoms with Crippen LogP contribution in [-0.4, -0.2) is 113 Å². The molecule has 4 aromatic heterocycles. The summed E-state index contributed by atoms with van der Waals surface area (Å²) < 4.78 is 11.7. The number of oxazole rings is 2. The Morgan fingerprint density at radius 1 is 0.758 bits per heavy atom. The van der Waals surface area contributed by atoms with Crippen LogP contribution in [0.1, 0.15) is 147 Å². The van der Waals surface area contributed by atoms with Gasteiger partial charge in [0.25, 0.3) is 5.91 Å². The Kier molecular flexibility index (Phi) is 18.1. The van der Waals surface area contributed by atoms with Crippen molar-refractivity contribution < 1.29 is 33.7 Å². The smallest absolute Gasteiger partial charge is 0.337 e. The molecule has 2 saturated heterocycles. The number of piperidine rings is 2. The molecule has 6 aromatic rings. The molecule has 2 fully saturated rings. The number of alkyl halides is 2. The molecule has 19 nitrogen and oxygen atoms in total. The van der Waals surface area contributed by atoms with Gasteiger partial charge in [-0.3, -0.25) is 4.79 Å². The van der Waals surface area contributed by atoms with Crippen molar-refractivity contribution in [2.75, 3.05) is 18.4 Å². The van der Waals surface area contributed by atoms with Crippen LogP contribution in [0.4, 0.5) is 0 Å². The minimum atomic E-state index is -1.03. The monoisotopic (exact) mass is 950 g/mol. The zero-order valence-corrected chi connectivity index (χ0v) is 40.1. The summed E-state index contributed by atoms with van der Waals surface area (Å²) in [6.45, 7) is 16.8. The van der Waals surface area contributed by atoms with E-state index in [4.69, 9.17) is 37.1 Å². The number of carbonyl (C=O) groups is 2. The number of hydrogen-bond donors (Lipinski definition) is 4. The fourth-order valence-electron chi connectivity index (χ4n) is 7.69. The minimum absolute atomic E-state index is 0.0306. The van der Waals surface area contributed by atoms with E-state index in [0.29, 0.717) is 71.3 Å². The number of tetrazole rings is 2. The summed E-state index contributed by atoms with van der Waals surface area (Å²) in [6.07, 6.45) is 7.71. The van der Waals surface area contributed by atoms with Gasteiger partial charge >= 0.3 is 5.97 Å². The van der Waals surface area contributed by atoms with Crippen LogP contribution < -0.4 is 5.32 Å². The predicted molar refractivity (Wildman–Crippen MR) is 246 cm³/mol. The maximum atomic E-state index is 13.5. The van der Waals surface area contributed by atoms with Gasteiger partial charge in [0.15, 0.2) is 24.4 Å². The van der Waals surface area contributed by atoms with Crippen LogP contribution in [-0.2, 0) is 11.2 Å². The number of halogens is 2. The molecule has 1 amide bonds. The summed E-state index contributed by atoms with van der Waals surface area (Å²) in [4.78, 5) is 37.9. The fourth-order valence-corrected chi connectivity index (χ4v) is 7.69. The summed E-state index contributed by atoms with van der Waals surface area (Å²) in [5.41, 5.74) is 0.998. The number of likely N-dealkylation sites (tertiary alicyclic amines) is 1. The van der Waals surface area contributed by atoms with Crippen LogP contribution in [0.3, 0.4) is 0 Å². The topological polar surface area (TPSA) is 249 Å². The highest BCUT2D eigenvalue weighted by molar-refractivity contribution is 6.40. The normalized spacial score (nSPS) is 20.0. The molecule has 2 aliphatic heterocycles. The summed E-state index contributed by atoms with van der Waals surface area (Å²) in [5, 5.41) is 56.1. The first-order valence-electron chi connectivity index (χ1n) is 21.9. The number of aliphatic hydroxyl groups is 2. The zero-order chi connectivity index (χ0) is 48.2. The van der Waals surface area contributed by atoms with Gasteiger partial charge in [-0.15, -0.1) is 53.2 Å². The molecular weight excluding hydrogens is 891 g/mol. The van der Waals surface area contributed by atoms with Gasteiger partial charge in [0.2, 0.25) is 0 Å². The number of carboxylic acid groups (broad SMARTS) is 1. The van der Waals surface area contributed by atoms with E-state index in [0.717, 1.165) is 43.9 Å². The fraction of sp³-hybridized carbons (Fsp3) is 0.511. The number of carboxylic acids is 1. The van der Waals surface area contributed by atoms with Crippen molar-refractivity contribution in [1.29, 1.82) is 0 Å². The molecule has 6 heterocycles. The molecule has 0 spiro atoms. The Balaban J connectivity index is 0.000000197. The van der Waals surface area contributed by atoms with E-state index in [-0.39, 0.29) is 28.8 Å². The van der Waals surface area contributed by atoms with Crippen molar-refractivity contribution in [2.45, 2.75) is 129 Å². The van der Waals surface area contributed by atoms with Crippen LogP contribution in [0.15, 0.2) is 70.0 Å². The summed E-state index contributed by atoms with van der Waals surface area (Å²) in [6, 6.07) is 14.4. The molecule has 8 rings (SSSR count). The van der Waals surface area contributed by atoms with Gasteiger partial charge in [-0.1, -0.05) is 38.1 Å². The van der Waals surface area contributed by atoms with Gasteiger partial charge in [0.05, 0.1) is 22.4 Å². The first kappa shape index (κ1) is 51.4. The predicted octanol–water partition coefficient (Wildman–Crippen LogP) is 7.22. The number of carbonyl (C=O) groups excluding carboxylic acids is 1. The average Bonchev–Trinajstić information content (AvgIpc) is 4.17. The van der Waals surface area contributed by atoms with E-state index < -0.39 is 17.2 Å². The summed E-state index contributed by atoms with van der Waals surface area (Å²) in [7, 11) is 0. The molecule has 4 N–H and O–H groups in total. The summed E-state index contributed by atoms with van der Waals surface area (Å²) >= 11 is 9.53. The second-order valence-electron chi connectivity index (χ2n) is 16.7.